The smallest absolute Gasteiger partial charge is 0.137 e. The molecule has 1 aromatic carbocycles. The third-order valence-corrected chi connectivity index (χ3v) is 4.98. The zero-order valence-electron chi connectivity index (χ0n) is 12.2. The van der Waals surface area contributed by atoms with Gasteiger partial charge in [0.2, 0.25) is 0 Å². The fourth-order valence-corrected chi connectivity index (χ4v) is 3.71. The third-order valence-electron chi connectivity index (χ3n) is 3.75. The van der Waals surface area contributed by atoms with Crippen LogP contribution in [0.25, 0.3) is 32.9 Å². The van der Waals surface area contributed by atoms with Crippen LogP contribution in [-0.2, 0) is 6.42 Å². The molecule has 0 saturated carbocycles. The summed E-state index contributed by atoms with van der Waals surface area (Å²) < 4.78 is 0. The Bertz CT molecular complexity index is 922. The SMILES string of the molecule is CCc1sc(-c2c[nH]c3ncccc23)nc1-c1ccccc1. The van der Waals surface area contributed by atoms with Gasteiger partial charge >= 0.3 is 0 Å². The Morgan fingerprint density at radius 2 is 1.95 bits per heavy atom. The van der Waals surface area contributed by atoms with E-state index in [1.807, 2.05) is 18.3 Å². The number of rotatable bonds is 3. The highest BCUT2D eigenvalue weighted by atomic mass is 32.1. The molecule has 0 radical (unpaired) electrons. The Morgan fingerprint density at radius 3 is 2.77 bits per heavy atom. The second kappa shape index (κ2) is 5.39. The van der Waals surface area contributed by atoms with Gasteiger partial charge in [0.1, 0.15) is 10.7 Å². The molecule has 3 heterocycles. The van der Waals surface area contributed by atoms with Crippen molar-refractivity contribution >= 4 is 22.4 Å². The lowest BCUT2D eigenvalue weighted by atomic mass is 10.1. The predicted molar refractivity (Wildman–Crippen MR) is 92.0 cm³/mol. The molecule has 3 aromatic heterocycles. The van der Waals surface area contributed by atoms with Crippen molar-refractivity contribution in [3.63, 3.8) is 0 Å². The van der Waals surface area contributed by atoms with Gasteiger partial charge in [-0.2, -0.15) is 0 Å². The molecule has 0 aliphatic rings. The van der Waals surface area contributed by atoms with Crippen molar-refractivity contribution in [3.8, 4) is 21.8 Å². The molecular weight excluding hydrogens is 290 g/mol. The molecule has 0 bridgehead atoms. The minimum absolute atomic E-state index is 0.909. The minimum atomic E-state index is 0.909. The van der Waals surface area contributed by atoms with E-state index < -0.39 is 0 Å². The lowest BCUT2D eigenvalue weighted by molar-refractivity contribution is 1.17. The molecule has 0 fully saturated rings. The van der Waals surface area contributed by atoms with Gasteiger partial charge in [-0.1, -0.05) is 37.3 Å². The average Bonchev–Trinajstić information content (AvgIpc) is 3.19. The summed E-state index contributed by atoms with van der Waals surface area (Å²) in [5, 5.41) is 2.17. The predicted octanol–water partition coefficient (Wildman–Crippen LogP) is 4.92. The van der Waals surface area contributed by atoms with Gasteiger partial charge in [-0.3, -0.25) is 0 Å². The van der Waals surface area contributed by atoms with Crippen molar-refractivity contribution in [3.05, 3.63) is 59.7 Å². The van der Waals surface area contributed by atoms with Crippen molar-refractivity contribution in [1.82, 2.24) is 15.0 Å². The molecule has 4 aromatic rings. The first-order chi connectivity index (χ1) is 10.9. The number of pyridine rings is 1. The van der Waals surface area contributed by atoms with Gasteiger partial charge in [-0.05, 0) is 18.6 Å². The lowest BCUT2D eigenvalue weighted by Crippen LogP contribution is -1.83. The maximum Gasteiger partial charge on any atom is 0.137 e. The summed E-state index contributed by atoms with van der Waals surface area (Å²) in [5.41, 5.74) is 4.32. The summed E-state index contributed by atoms with van der Waals surface area (Å²) in [4.78, 5) is 13.8. The normalized spacial score (nSPS) is 11.1. The van der Waals surface area contributed by atoms with Crippen LogP contribution in [0.3, 0.4) is 0 Å². The summed E-state index contributed by atoms with van der Waals surface area (Å²) >= 11 is 1.77. The zero-order valence-corrected chi connectivity index (χ0v) is 13.0. The van der Waals surface area contributed by atoms with E-state index in [4.69, 9.17) is 4.98 Å². The van der Waals surface area contributed by atoms with Gasteiger partial charge in [0.25, 0.3) is 0 Å². The van der Waals surface area contributed by atoms with Gasteiger partial charge in [0.15, 0.2) is 0 Å². The summed E-state index contributed by atoms with van der Waals surface area (Å²) in [7, 11) is 0. The zero-order chi connectivity index (χ0) is 14.9. The summed E-state index contributed by atoms with van der Waals surface area (Å²) in [6.07, 6.45) is 4.80. The third kappa shape index (κ3) is 2.12. The van der Waals surface area contributed by atoms with E-state index in [2.05, 4.69) is 47.2 Å². The number of aromatic amines is 1. The highest BCUT2D eigenvalue weighted by Gasteiger charge is 2.15. The summed E-state index contributed by atoms with van der Waals surface area (Å²) in [6.45, 7) is 2.18. The fourth-order valence-electron chi connectivity index (χ4n) is 2.66. The van der Waals surface area contributed by atoms with E-state index in [1.54, 1.807) is 17.5 Å². The van der Waals surface area contributed by atoms with Crippen molar-refractivity contribution in [2.75, 3.05) is 0 Å². The van der Waals surface area contributed by atoms with Crippen molar-refractivity contribution in [2.45, 2.75) is 13.3 Å². The molecule has 3 nitrogen and oxygen atoms in total. The molecule has 0 spiro atoms. The minimum Gasteiger partial charge on any atom is -0.345 e. The second-order valence-electron chi connectivity index (χ2n) is 5.11. The first-order valence-corrected chi connectivity index (χ1v) is 8.16. The Morgan fingerprint density at radius 1 is 1.09 bits per heavy atom. The van der Waals surface area contributed by atoms with Crippen LogP contribution in [0.2, 0.25) is 0 Å². The van der Waals surface area contributed by atoms with Gasteiger partial charge in [0.05, 0.1) is 5.69 Å². The van der Waals surface area contributed by atoms with Gasteiger partial charge in [-0.25, -0.2) is 9.97 Å². The molecular formula is C18H15N3S. The molecule has 0 unspecified atom stereocenters. The van der Waals surface area contributed by atoms with Crippen LogP contribution >= 0.6 is 11.3 Å². The van der Waals surface area contributed by atoms with Crippen molar-refractivity contribution in [2.24, 2.45) is 0 Å². The van der Waals surface area contributed by atoms with Crippen LogP contribution in [-0.4, -0.2) is 15.0 Å². The number of nitrogens with zero attached hydrogens (tertiary/aromatic N) is 2. The largest absolute Gasteiger partial charge is 0.345 e. The molecule has 108 valence electrons. The van der Waals surface area contributed by atoms with E-state index in [9.17, 15) is 0 Å². The monoisotopic (exact) mass is 305 g/mol. The van der Waals surface area contributed by atoms with Gasteiger partial charge in [-0.15, -0.1) is 11.3 Å². The highest BCUT2D eigenvalue weighted by Crippen LogP contribution is 2.36. The lowest BCUT2D eigenvalue weighted by Gasteiger charge is -1.98. The van der Waals surface area contributed by atoms with E-state index in [-0.39, 0.29) is 0 Å². The first kappa shape index (κ1) is 13.2. The average molecular weight is 305 g/mol. The molecule has 0 atom stereocenters. The first-order valence-electron chi connectivity index (χ1n) is 7.34. The van der Waals surface area contributed by atoms with E-state index in [1.165, 1.54) is 10.4 Å². The quantitative estimate of drug-likeness (QED) is 0.584. The van der Waals surface area contributed by atoms with E-state index in [0.29, 0.717) is 0 Å². The van der Waals surface area contributed by atoms with Gasteiger partial charge in [0, 0.05) is 33.8 Å². The van der Waals surface area contributed by atoms with E-state index in [0.717, 1.165) is 33.7 Å². The Kier molecular flexibility index (Phi) is 3.24. The fraction of sp³-hybridized carbons (Fsp3) is 0.111. The second-order valence-corrected chi connectivity index (χ2v) is 6.20. The standard InChI is InChI=1S/C18H15N3S/c1-2-15-16(12-7-4-3-5-8-12)21-18(22-15)14-11-20-17-13(14)9-6-10-19-17/h3-11H,2H2,1H3,(H,19,20). The Labute approximate surface area is 132 Å². The molecule has 4 heteroatoms. The maximum absolute atomic E-state index is 4.91. The number of hydrogen-bond acceptors (Lipinski definition) is 3. The Hall–Kier alpha value is -2.46. The maximum atomic E-state index is 4.91. The van der Waals surface area contributed by atoms with Crippen LogP contribution in [0.4, 0.5) is 0 Å². The highest BCUT2D eigenvalue weighted by molar-refractivity contribution is 7.15. The molecule has 0 amide bonds. The van der Waals surface area contributed by atoms with Crippen LogP contribution in [0.15, 0.2) is 54.9 Å². The summed E-state index contributed by atoms with van der Waals surface area (Å²) in [5.74, 6) is 0. The number of hydrogen-bond donors (Lipinski definition) is 1. The van der Waals surface area contributed by atoms with E-state index >= 15 is 0 Å². The van der Waals surface area contributed by atoms with Crippen molar-refractivity contribution < 1.29 is 0 Å². The van der Waals surface area contributed by atoms with Crippen LogP contribution in [0, 0.1) is 0 Å². The van der Waals surface area contributed by atoms with Crippen LogP contribution in [0.5, 0.6) is 0 Å². The molecule has 0 aliphatic carbocycles. The van der Waals surface area contributed by atoms with Crippen molar-refractivity contribution in [1.29, 1.82) is 0 Å². The molecule has 0 aliphatic heterocycles. The van der Waals surface area contributed by atoms with Crippen LogP contribution in [0.1, 0.15) is 11.8 Å². The summed E-state index contributed by atoms with van der Waals surface area (Å²) in [6, 6.07) is 14.4. The van der Waals surface area contributed by atoms with Gasteiger partial charge < -0.3 is 4.98 Å². The molecule has 1 N–H and O–H groups in total. The molecule has 4 rings (SSSR count). The number of thiazole rings is 1. The number of benzene rings is 1. The topological polar surface area (TPSA) is 41.6 Å². The number of fused-ring (bicyclic) bond motifs is 1. The number of aromatic nitrogens is 3. The number of nitrogens with one attached hydrogen (secondary N) is 1. The number of H-pyrrole nitrogens is 1. The Balaban J connectivity index is 1.89. The number of aryl methyl sites for hydroxylation is 1. The van der Waals surface area contributed by atoms with Crippen LogP contribution < -0.4 is 0 Å². The molecule has 0 saturated heterocycles. The molecule has 22 heavy (non-hydrogen) atoms.